The lowest BCUT2D eigenvalue weighted by molar-refractivity contribution is -0.142. The summed E-state index contributed by atoms with van der Waals surface area (Å²) in [5, 5.41) is 8.79. The van der Waals surface area contributed by atoms with Crippen molar-refractivity contribution in [1.82, 2.24) is 4.90 Å². The van der Waals surface area contributed by atoms with E-state index < -0.39 is 5.97 Å². The fourth-order valence-corrected chi connectivity index (χ4v) is 1.91. The minimum absolute atomic E-state index is 0.198. The van der Waals surface area contributed by atoms with Gasteiger partial charge in [-0.3, -0.25) is 9.69 Å². The maximum atomic E-state index is 10.7. The van der Waals surface area contributed by atoms with Crippen LogP contribution in [-0.2, 0) is 4.79 Å². The summed E-state index contributed by atoms with van der Waals surface area (Å²) in [5.41, 5.74) is 0.198. The number of rotatable bonds is 3. The molecule has 0 saturated carbocycles. The summed E-state index contributed by atoms with van der Waals surface area (Å²) in [4.78, 5) is 13.0. The highest BCUT2D eigenvalue weighted by Gasteiger charge is 2.33. The van der Waals surface area contributed by atoms with Crippen molar-refractivity contribution in [3.63, 3.8) is 0 Å². The van der Waals surface area contributed by atoms with Gasteiger partial charge < -0.3 is 5.11 Å². The first-order valence-electron chi connectivity index (χ1n) is 4.91. The first kappa shape index (κ1) is 10.5. The van der Waals surface area contributed by atoms with Gasteiger partial charge in [0.15, 0.2) is 0 Å². The minimum Gasteiger partial charge on any atom is -0.481 e. The van der Waals surface area contributed by atoms with Gasteiger partial charge in [0, 0.05) is 12.1 Å². The Morgan fingerprint density at radius 1 is 1.62 bits per heavy atom. The van der Waals surface area contributed by atoms with Crippen LogP contribution in [0.4, 0.5) is 0 Å². The lowest BCUT2D eigenvalue weighted by atomic mass is 10.0. The van der Waals surface area contributed by atoms with Crippen molar-refractivity contribution in [3.8, 4) is 0 Å². The average Bonchev–Trinajstić information content (AvgIpc) is 2.30. The molecule has 3 nitrogen and oxygen atoms in total. The molecule has 0 aromatic rings. The molecule has 1 aliphatic rings. The maximum Gasteiger partial charge on any atom is 0.307 e. The molecule has 3 heteroatoms. The number of hydrogen-bond donors (Lipinski definition) is 1. The third-order valence-corrected chi connectivity index (χ3v) is 2.99. The molecule has 0 aromatic heterocycles. The number of carboxylic acid groups (broad SMARTS) is 1. The van der Waals surface area contributed by atoms with Crippen molar-refractivity contribution in [2.24, 2.45) is 5.92 Å². The molecule has 0 spiro atoms. The van der Waals surface area contributed by atoms with Gasteiger partial charge in [-0.1, -0.05) is 6.92 Å². The van der Waals surface area contributed by atoms with Gasteiger partial charge in [0.1, 0.15) is 0 Å². The van der Waals surface area contributed by atoms with E-state index in [0.29, 0.717) is 6.54 Å². The zero-order valence-electron chi connectivity index (χ0n) is 8.71. The van der Waals surface area contributed by atoms with Crippen LogP contribution in [-0.4, -0.2) is 34.6 Å². The number of nitrogens with zero attached hydrogens (tertiary/aromatic N) is 1. The molecule has 1 N–H and O–H groups in total. The monoisotopic (exact) mass is 185 g/mol. The summed E-state index contributed by atoms with van der Waals surface area (Å²) in [7, 11) is 0. The van der Waals surface area contributed by atoms with Crippen LogP contribution in [0.2, 0.25) is 0 Å². The molecule has 76 valence electrons. The summed E-state index contributed by atoms with van der Waals surface area (Å²) >= 11 is 0. The Hall–Kier alpha value is -0.570. The molecule has 1 saturated heterocycles. The maximum absolute atomic E-state index is 10.7. The summed E-state index contributed by atoms with van der Waals surface area (Å²) in [6, 6.07) is 0. The average molecular weight is 185 g/mol. The molecule has 1 unspecified atom stereocenters. The van der Waals surface area contributed by atoms with Crippen LogP contribution in [0.15, 0.2) is 0 Å². The van der Waals surface area contributed by atoms with E-state index in [1.807, 2.05) is 0 Å². The van der Waals surface area contributed by atoms with Crippen LogP contribution in [0.25, 0.3) is 0 Å². The minimum atomic E-state index is -0.692. The second-order valence-corrected chi connectivity index (χ2v) is 4.60. The fourth-order valence-electron chi connectivity index (χ4n) is 1.91. The van der Waals surface area contributed by atoms with Crippen LogP contribution in [0.3, 0.4) is 0 Å². The van der Waals surface area contributed by atoms with E-state index in [1.54, 1.807) is 6.92 Å². The van der Waals surface area contributed by atoms with Gasteiger partial charge >= 0.3 is 5.97 Å². The van der Waals surface area contributed by atoms with E-state index in [2.05, 4.69) is 18.7 Å². The van der Waals surface area contributed by atoms with E-state index in [-0.39, 0.29) is 11.5 Å². The van der Waals surface area contributed by atoms with Crippen molar-refractivity contribution < 1.29 is 9.90 Å². The fraction of sp³-hybridized carbons (Fsp3) is 0.900. The van der Waals surface area contributed by atoms with E-state index in [9.17, 15) is 4.79 Å². The topological polar surface area (TPSA) is 40.5 Å². The molecule has 0 bridgehead atoms. The number of carbonyl (C=O) groups is 1. The zero-order valence-corrected chi connectivity index (χ0v) is 8.71. The van der Waals surface area contributed by atoms with Crippen molar-refractivity contribution in [2.45, 2.75) is 39.2 Å². The number of aliphatic carboxylic acids is 1. The van der Waals surface area contributed by atoms with Gasteiger partial charge in [-0.25, -0.2) is 0 Å². The molecular formula is C10H19NO2. The second kappa shape index (κ2) is 3.66. The smallest absolute Gasteiger partial charge is 0.307 e. The molecule has 0 aromatic carbocycles. The van der Waals surface area contributed by atoms with Crippen LogP contribution < -0.4 is 0 Å². The lowest BCUT2D eigenvalue weighted by Gasteiger charge is -2.32. The number of hydrogen-bond acceptors (Lipinski definition) is 2. The third kappa shape index (κ3) is 2.44. The second-order valence-electron chi connectivity index (χ2n) is 4.60. The highest BCUT2D eigenvalue weighted by molar-refractivity contribution is 5.69. The molecular weight excluding hydrogens is 166 g/mol. The van der Waals surface area contributed by atoms with Crippen LogP contribution in [0, 0.1) is 5.92 Å². The summed E-state index contributed by atoms with van der Waals surface area (Å²) in [6.07, 6.45) is 2.37. The molecule has 1 rings (SSSR count). The predicted molar refractivity (Wildman–Crippen MR) is 51.7 cm³/mol. The van der Waals surface area contributed by atoms with Gasteiger partial charge in [-0.05, 0) is 33.2 Å². The Balaban J connectivity index is 2.49. The van der Waals surface area contributed by atoms with Crippen LogP contribution in [0.1, 0.15) is 33.6 Å². The lowest BCUT2D eigenvalue weighted by Crippen LogP contribution is -2.42. The molecule has 1 aliphatic heterocycles. The first-order valence-corrected chi connectivity index (χ1v) is 4.91. The summed E-state index contributed by atoms with van der Waals surface area (Å²) in [5.74, 6) is -0.944. The highest BCUT2D eigenvalue weighted by atomic mass is 16.4. The van der Waals surface area contributed by atoms with Gasteiger partial charge in [-0.15, -0.1) is 0 Å². The van der Waals surface area contributed by atoms with E-state index in [1.165, 1.54) is 12.8 Å². The van der Waals surface area contributed by atoms with Crippen molar-refractivity contribution in [3.05, 3.63) is 0 Å². The van der Waals surface area contributed by atoms with Gasteiger partial charge in [0.05, 0.1) is 5.92 Å². The predicted octanol–water partition coefficient (Wildman–Crippen LogP) is 1.58. The van der Waals surface area contributed by atoms with Crippen LogP contribution >= 0.6 is 0 Å². The van der Waals surface area contributed by atoms with Gasteiger partial charge in [-0.2, -0.15) is 0 Å². The quantitative estimate of drug-likeness (QED) is 0.725. The Morgan fingerprint density at radius 2 is 2.23 bits per heavy atom. The van der Waals surface area contributed by atoms with E-state index in [4.69, 9.17) is 5.11 Å². The molecule has 1 fully saturated rings. The Morgan fingerprint density at radius 3 is 2.62 bits per heavy atom. The zero-order chi connectivity index (χ0) is 10.1. The molecule has 1 heterocycles. The summed E-state index contributed by atoms with van der Waals surface area (Å²) < 4.78 is 0. The van der Waals surface area contributed by atoms with E-state index >= 15 is 0 Å². The Kier molecular flexibility index (Phi) is 2.96. The first-order chi connectivity index (χ1) is 5.93. The van der Waals surface area contributed by atoms with Crippen LogP contribution in [0.5, 0.6) is 0 Å². The number of likely N-dealkylation sites (tertiary alicyclic amines) is 1. The normalized spacial score (nSPS) is 24.5. The Labute approximate surface area is 79.7 Å². The standard InChI is InChI=1S/C10H19NO2/c1-8(9(12)13)7-11-6-4-5-10(11,2)3/h8H,4-7H2,1-3H3,(H,12,13). The van der Waals surface area contributed by atoms with Crippen molar-refractivity contribution in [2.75, 3.05) is 13.1 Å². The molecule has 13 heavy (non-hydrogen) atoms. The molecule has 0 aliphatic carbocycles. The largest absolute Gasteiger partial charge is 0.481 e. The third-order valence-electron chi connectivity index (χ3n) is 2.99. The van der Waals surface area contributed by atoms with E-state index in [0.717, 1.165) is 6.54 Å². The van der Waals surface area contributed by atoms with Crippen molar-refractivity contribution >= 4 is 5.97 Å². The van der Waals surface area contributed by atoms with Gasteiger partial charge in [0.2, 0.25) is 0 Å². The molecule has 0 amide bonds. The van der Waals surface area contributed by atoms with Gasteiger partial charge in [0.25, 0.3) is 0 Å². The number of carboxylic acids is 1. The Bertz CT molecular complexity index is 201. The SMILES string of the molecule is CC(CN1CCCC1(C)C)C(=O)O. The van der Waals surface area contributed by atoms with Crippen molar-refractivity contribution in [1.29, 1.82) is 0 Å². The molecule has 0 radical (unpaired) electrons. The molecule has 1 atom stereocenters. The summed E-state index contributed by atoms with van der Waals surface area (Å²) in [6.45, 7) is 7.88. The highest BCUT2D eigenvalue weighted by Crippen LogP contribution is 2.28.